The molecule has 0 aliphatic carbocycles. The summed E-state index contributed by atoms with van der Waals surface area (Å²) in [4.78, 5) is 0.156. The highest BCUT2D eigenvalue weighted by Crippen LogP contribution is 2.25. The summed E-state index contributed by atoms with van der Waals surface area (Å²) in [5.74, 6) is -0.551. The van der Waals surface area contributed by atoms with E-state index in [4.69, 9.17) is 23.8 Å². The Kier molecular flexibility index (Phi) is 5.61. The van der Waals surface area contributed by atoms with Crippen LogP contribution in [0.2, 0.25) is 5.02 Å². The normalized spacial score (nSPS) is 11.6. The molecule has 0 spiro atoms. The molecule has 2 aromatic carbocycles. The minimum absolute atomic E-state index is 0.111. The third kappa shape index (κ3) is 3.90. The molecule has 0 fully saturated rings. The molecule has 1 heterocycles. The monoisotopic (exact) mass is 385 g/mol. The van der Waals surface area contributed by atoms with Crippen molar-refractivity contribution in [3.63, 3.8) is 0 Å². The van der Waals surface area contributed by atoms with Crippen LogP contribution in [-0.4, -0.2) is 10.1 Å². The molecular weight excluding hydrogens is 371 g/mol. The summed E-state index contributed by atoms with van der Waals surface area (Å²) >= 11 is 11.7. The van der Waals surface area contributed by atoms with Gasteiger partial charge in [-0.1, -0.05) is 54.2 Å². The van der Waals surface area contributed by atoms with Crippen LogP contribution in [0.15, 0.2) is 79.1 Å². The fourth-order valence-corrected chi connectivity index (χ4v) is 2.96. The molecule has 6 heteroatoms. The number of halogens is 2. The first-order valence-electron chi connectivity index (χ1n) is 7.78. The lowest BCUT2D eigenvalue weighted by Gasteiger charge is -2.11. The maximum Gasteiger partial charge on any atom is 0.288 e. The molecule has 2 N–H and O–H groups in total. The number of aliphatic hydroxyl groups is 1. The number of rotatable bonds is 4. The Balaban J connectivity index is 2.10. The third-order valence-corrected chi connectivity index (χ3v) is 4.29. The number of anilines is 1. The summed E-state index contributed by atoms with van der Waals surface area (Å²) in [6, 6.07) is 18.5. The summed E-state index contributed by atoms with van der Waals surface area (Å²) < 4.78 is 15.6. The number of aliphatic hydroxyl groups excluding tert-OH is 1. The molecule has 0 saturated heterocycles. The number of thiocarbonyl (C=S) groups is 1. The molecule has 0 atom stereocenters. The molecule has 3 aromatic rings. The van der Waals surface area contributed by atoms with Crippen LogP contribution in [0.1, 0.15) is 5.56 Å². The van der Waals surface area contributed by atoms with Crippen molar-refractivity contribution in [2.45, 2.75) is 0 Å². The zero-order chi connectivity index (χ0) is 18.5. The molecule has 130 valence electrons. The molecule has 0 aliphatic heterocycles. The molecule has 26 heavy (non-hydrogen) atoms. The predicted molar refractivity (Wildman–Crippen MR) is 106 cm³/mol. The summed E-state index contributed by atoms with van der Waals surface area (Å²) in [6.45, 7) is 0. The van der Waals surface area contributed by atoms with Gasteiger partial charge in [-0.2, -0.15) is 4.57 Å². The van der Waals surface area contributed by atoms with Gasteiger partial charge in [0.05, 0.1) is 10.7 Å². The molecule has 0 aliphatic rings. The van der Waals surface area contributed by atoms with Gasteiger partial charge in [0, 0.05) is 17.7 Å². The van der Waals surface area contributed by atoms with Crippen LogP contribution in [-0.2, 0) is 0 Å². The van der Waals surface area contributed by atoms with Crippen LogP contribution in [0.25, 0.3) is 11.5 Å². The number of para-hydroxylation sites is 1. The van der Waals surface area contributed by atoms with Crippen LogP contribution in [0, 0.1) is 5.82 Å². The van der Waals surface area contributed by atoms with E-state index in [0.29, 0.717) is 10.6 Å². The summed E-state index contributed by atoms with van der Waals surface area (Å²) in [6.07, 6.45) is 3.47. The van der Waals surface area contributed by atoms with Crippen LogP contribution in [0.5, 0.6) is 0 Å². The van der Waals surface area contributed by atoms with Crippen LogP contribution in [0.3, 0.4) is 0 Å². The predicted octanol–water partition coefficient (Wildman–Crippen LogP) is 5.09. The molecule has 0 saturated carbocycles. The second kappa shape index (κ2) is 8.08. The van der Waals surface area contributed by atoms with Crippen LogP contribution in [0.4, 0.5) is 10.1 Å². The Morgan fingerprint density at radius 1 is 0.962 bits per heavy atom. The molecule has 0 bridgehead atoms. The lowest BCUT2D eigenvalue weighted by atomic mass is 10.1. The van der Waals surface area contributed by atoms with Crippen molar-refractivity contribution >= 4 is 46.0 Å². The topological polar surface area (TPSA) is 36.1 Å². The average Bonchev–Trinajstić information content (AvgIpc) is 2.65. The number of aromatic nitrogens is 1. The molecule has 3 rings (SSSR count). The number of nitrogens with one attached hydrogen (secondary N) is 1. The van der Waals surface area contributed by atoms with Crippen molar-refractivity contribution in [3.8, 4) is 0 Å². The molecule has 0 amide bonds. The Hall–Kier alpha value is -2.76. The van der Waals surface area contributed by atoms with Gasteiger partial charge >= 0.3 is 0 Å². The fraction of sp³-hybridized carbons (Fsp3) is 0. The van der Waals surface area contributed by atoms with Crippen molar-refractivity contribution in [3.05, 3.63) is 95.5 Å². The maximum atomic E-state index is 14.0. The van der Waals surface area contributed by atoms with Gasteiger partial charge in [-0.15, -0.1) is 0 Å². The zero-order valence-corrected chi connectivity index (χ0v) is 15.1. The molecule has 0 radical (unpaired) electrons. The van der Waals surface area contributed by atoms with E-state index in [9.17, 15) is 9.50 Å². The average molecular weight is 386 g/mol. The van der Waals surface area contributed by atoms with E-state index in [0.717, 1.165) is 0 Å². The van der Waals surface area contributed by atoms with Gasteiger partial charge in [-0.25, -0.2) is 4.39 Å². The van der Waals surface area contributed by atoms with E-state index < -0.39 is 5.82 Å². The van der Waals surface area contributed by atoms with Crippen molar-refractivity contribution in [1.29, 1.82) is 0 Å². The standard InChI is InChI=1S/C20H14ClFN2OS/c21-15-9-3-2-8-14(15)19(25)18(24-12-6-1-7-13-24)20(26)23-17-11-5-4-10-16(17)22/h1-13H,(H-,23,25,26)/p+1. The summed E-state index contributed by atoms with van der Waals surface area (Å²) in [7, 11) is 0. The molecule has 3 nitrogen and oxygen atoms in total. The van der Waals surface area contributed by atoms with Crippen molar-refractivity contribution in [2.24, 2.45) is 0 Å². The first-order chi connectivity index (χ1) is 12.6. The number of hydrogen-bond donors (Lipinski definition) is 2. The highest BCUT2D eigenvalue weighted by atomic mass is 35.5. The van der Waals surface area contributed by atoms with Crippen molar-refractivity contribution in [1.82, 2.24) is 0 Å². The molecule has 1 aromatic heterocycles. The Labute approximate surface area is 161 Å². The third-order valence-electron chi connectivity index (χ3n) is 3.66. The number of benzene rings is 2. The van der Waals surface area contributed by atoms with Gasteiger partial charge in [0.1, 0.15) is 5.82 Å². The Bertz CT molecular complexity index is 976. The van der Waals surface area contributed by atoms with Gasteiger partial charge in [0.2, 0.25) is 5.76 Å². The fourth-order valence-electron chi connectivity index (χ4n) is 2.42. The lowest BCUT2D eigenvalue weighted by Crippen LogP contribution is -2.38. The lowest BCUT2D eigenvalue weighted by molar-refractivity contribution is -0.575. The quantitative estimate of drug-likeness (QED) is 0.284. The van der Waals surface area contributed by atoms with Gasteiger partial charge in [0.15, 0.2) is 17.4 Å². The second-order valence-corrected chi connectivity index (χ2v) is 6.21. The smallest absolute Gasteiger partial charge is 0.288 e. The van der Waals surface area contributed by atoms with Gasteiger partial charge < -0.3 is 10.4 Å². The van der Waals surface area contributed by atoms with E-state index in [2.05, 4.69) is 5.32 Å². The van der Waals surface area contributed by atoms with Gasteiger partial charge in [-0.3, -0.25) is 0 Å². The van der Waals surface area contributed by atoms with E-state index in [-0.39, 0.29) is 22.1 Å². The first kappa shape index (κ1) is 18.0. The highest BCUT2D eigenvalue weighted by molar-refractivity contribution is 7.81. The number of hydrogen-bond acceptors (Lipinski definition) is 2. The summed E-state index contributed by atoms with van der Waals surface area (Å²) in [5, 5.41) is 14.1. The largest absolute Gasteiger partial charge is 0.502 e. The Morgan fingerprint density at radius 2 is 1.62 bits per heavy atom. The van der Waals surface area contributed by atoms with E-state index >= 15 is 0 Å². The SMILES string of the molecule is O/C(=C(/C(=S)Nc1ccccc1F)[n+]1ccccc1)c1ccccc1Cl. The van der Waals surface area contributed by atoms with E-state index in [1.165, 1.54) is 6.07 Å². The van der Waals surface area contributed by atoms with Gasteiger partial charge in [-0.05, 0) is 24.3 Å². The molecular formula is C20H15ClFN2OS+. The minimum Gasteiger partial charge on any atom is -0.502 e. The number of pyridine rings is 1. The second-order valence-electron chi connectivity index (χ2n) is 5.39. The first-order valence-corrected chi connectivity index (χ1v) is 8.57. The number of nitrogens with zero attached hydrogens (tertiary/aromatic N) is 1. The van der Waals surface area contributed by atoms with Crippen LogP contribution >= 0.6 is 23.8 Å². The minimum atomic E-state index is -0.440. The van der Waals surface area contributed by atoms with Crippen molar-refractivity contribution in [2.75, 3.05) is 5.32 Å². The maximum absolute atomic E-state index is 14.0. The van der Waals surface area contributed by atoms with Gasteiger partial charge in [0.25, 0.3) is 5.70 Å². The van der Waals surface area contributed by atoms with E-state index in [1.54, 1.807) is 71.6 Å². The van der Waals surface area contributed by atoms with Crippen molar-refractivity contribution < 1.29 is 14.1 Å². The van der Waals surface area contributed by atoms with Crippen LogP contribution < -0.4 is 9.88 Å². The Morgan fingerprint density at radius 3 is 2.31 bits per heavy atom. The highest BCUT2D eigenvalue weighted by Gasteiger charge is 2.25. The van der Waals surface area contributed by atoms with E-state index in [1.807, 2.05) is 6.07 Å². The molecule has 0 unspecified atom stereocenters. The zero-order valence-electron chi connectivity index (χ0n) is 13.6. The summed E-state index contributed by atoms with van der Waals surface area (Å²) in [5.41, 5.74) is 0.939.